The van der Waals surface area contributed by atoms with Gasteiger partial charge in [-0.05, 0) is 80.2 Å². The molecule has 1 aromatic carbocycles. The molecule has 4 saturated carbocycles. The highest BCUT2D eigenvalue weighted by Gasteiger charge is 2.50. The summed E-state index contributed by atoms with van der Waals surface area (Å²) >= 11 is 6.50. The Morgan fingerprint density at radius 3 is 2.45 bits per heavy atom. The number of halogens is 1. The quantitative estimate of drug-likeness (QED) is 0.697. The zero-order valence-corrected chi connectivity index (χ0v) is 18.7. The molecule has 0 spiro atoms. The molecule has 166 valence electrons. The van der Waals surface area contributed by atoms with E-state index >= 15 is 0 Å². The molecule has 2 aromatic rings. The summed E-state index contributed by atoms with van der Waals surface area (Å²) in [7, 11) is 0. The van der Waals surface area contributed by atoms with Crippen molar-refractivity contribution < 1.29 is 14.6 Å². The van der Waals surface area contributed by atoms with Gasteiger partial charge in [-0.1, -0.05) is 17.7 Å². The number of fused-ring (bicyclic) bond motifs is 1. The Kier molecular flexibility index (Phi) is 4.68. The fourth-order valence-corrected chi connectivity index (χ4v) is 7.76. The number of hydrogen-bond acceptors (Lipinski definition) is 3. The van der Waals surface area contributed by atoms with Crippen molar-refractivity contribution in [2.24, 2.45) is 23.2 Å². The first-order valence-corrected chi connectivity index (χ1v) is 12.2. The summed E-state index contributed by atoms with van der Waals surface area (Å²) in [6.07, 6.45) is 11.4. The average molecular weight is 443 g/mol. The molecule has 7 rings (SSSR count). The van der Waals surface area contributed by atoms with Crippen molar-refractivity contribution in [3.8, 4) is 0 Å². The Hall–Kier alpha value is -1.56. The van der Waals surface area contributed by atoms with Gasteiger partial charge in [0, 0.05) is 18.1 Å². The van der Waals surface area contributed by atoms with E-state index in [0.29, 0.717) is 35.8 Å². The summed E-state index contributed by atoms with van der Waals surface area (Å²) < 4.78 is 7.13. The van der Waals surface area contributed by atoms with Gasteiger partial charge in [-0.3, -0.25) is 4.79 Å². The molecule has 4 aliphatic carbocycles. The summed E-state index contributed by atoms with van der Waals surface area (Å²) in [6, 6.07) is 5.66. The summed E-state index contributed by atoms with van der Waals surface area (Å²) in [5.41, 5.74) is 1.05. The predicted octanol–water partition coefficient (Wildman–Crippen LogP) is 4.39. The predicted molar refractivity (Wildman–Crippen MR) is 120 cm³/mol. The highest BCUT2D eigenvalue weighted by Crippen LogP contribution is 2.61. The highest BCUT2D eigenvalue weighted by atomic mass is 35.5. The van der Waals surface area contributed by atoms with Crippen LogP contribution in [0.3, 0.4) is 0 Å². The number of benzene rings is 1. The summed E-state index contributed by atoms with van der Waals surface area (Å²) in [5, 5.41) is 15.1. The molecule has 6 heteroatoms. The second kappa shape index (κ2) is 7.23. The fraction of sp³-hybridized carbons (Fsp3) is 0.640. The Bertz CT molecular complexity index is 990. The SMILES string of the molecule is O=C(NCCC12CC3CC(CC(C3)C1)C2)c1cn(CC2(O)COC2)c2cccc(Cl)c12. The van der Waals surface area contributed by atoms with Crippen molar-refractivity contribution in [2.75, 3.05) is 19.8 Å². The third-order valence-corrected chi connectivity index (χ3v) is 8.73. The molecule has 2 N–H and O–H groups in total. The molecule has 5 nitrogen and oxygen atoms in total. The number of aromatic nitrogens is 1. The number of amides is 1. The first-order chi connectivity index (χ1) is 14.9. The standard InChI is InChI=1S/C25H31ClN2O3/c26-20-2-1-3-21-22(20)19(12-28(21)13-25(30)14-31-15-25)23(29)27-5-4-24-9-16-6-17(10-24)8-18(7-16)11-24/h1-3,12,16-18,30H,4-11,13-15H2,(H,27,29). The van der Waals surface area contributed by atoms with Gasteiger partial charge in [0.2, 0.25) is 0 Å². The number of hydrogen-bond donors (Lipinski definition) is 2. The number of carbonyl (C=O) groups is 1. The van der Waals surface area contributed by atoms with E-state index in [1.165, 1.54) is 38.5 Å². The summed E-state index contributed by atoms with van der Waals surface area (Å²) in [5.74, 6) is 2.72. The maximum atomic E-state index is 13.2. The minimum absolute atomic E-state index is 0.0709. The highest BCUT2D eigenvalue weighted by molar-refractivity contribution is 6.36. The number of nitrogens with one attached hydrogen (secondary N) is 1. The van der Waals surface area contributed by atoms with Crippen molar-refractivity contribution in [1.29, 1.82) is 0 Å². The summed E-state index contributed by atoms with van der Waals surface area (Å²) in [6.45, 7) is 1.75. The number of carbonyl (C=O) groups excluding carboxylic acids is 1. The van der Waals surface area contributed by atoms with E-state index in [1.54, 1.807) is 0 Å². The third-order valence-electron chi connectivity index (χ3n) is 8.41. The number of nitrogens with zero attached hydrogens (tertiary/aromatic N) is 1. The number of aliphatic hydroxyl groups is 1. The lowest BCUT2D eigenvalue weighted by Crippen LogP contribution is -2.52. The van der Waals surface area contributed by atoms with Gasteiger partial charge in [-0.25, -0.2) is 0 Å². The van der Waals surface area contributed by atoms with Gasteiger partial charge in [0.1, 0.15) is 5.60 Å². The molecule has 0 radical (unpaired) electrons. The number of ether oxygens (including phenoxy) is 1. The first kappa shape index (κ1) is 20.1. The molecule has 1 saturated heterocycles. The van der Waals surface area contributed by atoms with E-state index in [-0.39, 0.29) is 5.91 Å². The molecule has 1 aromatic heterocycles. The minimum Gasteiger partial charge on any atom is -0.383 e. The van der Waals surface area contributed by atoms with Crippen LogP contribution in [-0.2, 0) is 11.3 Å². The maximum absolute atomic E-state index is 13.2. The molecule has 1 aliphatic heterocycles. The second-order valence-electron chi connectivity index (χ2n) is 10.9. The lowest BCUT2D eigenvalue weighted by molar-refractivity contribution is -0.184. The molecular formula is C25H31ClN2O3. The smallest absolute Gasteiger partial charge is 0.253 e. The first-order valence-electron chi connectivity index (χ1n) is 11.8. The maximum Gasteiger partial charge on any atom is 0.253 e. The van der Waals surface area contributed by atoms with E-state index in [1.807, 2.05) is 29.0 Å². The van der Waals surface area contributed by atoms with E-state index < -0.39 is 5.60 Å². The van der Waals surface area contributed by atoms with Crippen molar-refractivity contribution in [3.63, 3.8) is 0 Å². The summed E-state index contributed by atoms with van der Waals surface area (Å²) in [4.78, 5) is 13.2. The second-order valence-corrected chi connectivity index (χ2v) is 11.4. The minimum atomic E-state index is -0.874. The Labute approximate surface area is 188 Å². The zero-order valence-electron chi connectivity index (χ0n) is 17.9. The van der Waals surface area contributed by atoms with Crippen LogP contribution >= 0.6 is 11.6 Å². The zero-order chi connectivity index (χ0) is 21.2. The van der Waals surface area contributed by atoms with E-state index in [2.05, 4.69) is 5.32 Å². The third kappa shape index (κ3) is 3.49. The van der Waals surface area contributed by atoms with Gasteiger partial charge in [0.25, 0.3) is 5.91 Å². The monoisotopic (exact) mass is 442 g/mol. The molecule has 31 heavy (non-hydrogen) atoms. The van der Waals surface area contributed by atoms with E-state index in [4.69, 9.17) is 16.3 Å². The lowest BCUT2D eigenvalue weighted by atomic mass is 9.49. The molecule has 5 aliphatic rings. The van der Waals surface area contributed by atoms with Crippen LogP contribution in [0, 0.1) is 23.2 Å². The molecule has 4 bridgehead atoms. The van der Waals surface area contributed by atoms with E-state index in [9.17, 15) is 9.90 Å². The van der Waals surface area contributed by atoms with Crippen LogP contribution in [0.15, 0.2) is 24.4 Å². The van der Waals surface area contributed by atoms with Crippen LogP contribution in [0.4, 0.5) is 0 Å². The molecule has 0 atom stereocenters. The Morgan fingerprint density at radius 1 is 1.16 bits per heavy atom. The van der Waals surface area contributed by atoms with Gasteiger partial charge in [-0.2, -0.15) is 0 Å². The lowest BCUT2D eigenvalue weighted by Gasteiger charge is -2.57. The van der Waals surface area contributed by atoms with Gasteiger partial charge in [-0.15, -0.1) is 0 Å². The largest absolute Gasteiger partial charge is 0.383 e. The van der Waals surface area contributed by atoms with Gasteiger partial charge in [0.05, 0.1) is 35.9 Å². The van der Waals surface area contributed by atoms with Crippen molar-refractivity contribution in [3.05, 3.63) is 35.0 Å². The van der Waals surface area contributed by atoms with E-state index in [0.717, 1.165) is 41.6 Å². The molecule has 2 heterocycles. The Balaban J connectivity index is 1.19. The topological polar surface area (TPSA) is 63.5 Å². The molecular weight excluding hydrogens is 412 g/mol. The van der Waals surface area contributed by atoms with Crippen LogP contribution in [0.2, 0.25) is 5.02 Å². The fourth-order valence-electron chi connectivity index (χ4n) is 7.49. The van der Waals surface area contributed by atoms with Crippen LogP contribution in [0.25, 0.3) is 10.9 Å². The van der Waals surface area contributed by atoms with Crippen LogP contribution < -0.4 is 5.32 Å². The van der Waals surface area contributed by atoms with Crippen LogP contribution in [0.5, 0.6) is 0 Å². The van der Waals surface area contributed by atoms with Crippen molar-refractivity contribution in [1.82, 2.24) is 9.88 Å². The number of rotatable bonds is 6. The van der Waals surface area contributed by atoms with Gasteiger partial charge in [0.15, 0.2) is 0 Å². The van der Waals surface area contributed by atoms with Gasteiger partial charge >= 0.3 is 0 Å². The average Bonchev–Trinajstić information content (AvgIpc) is 3.05. The van der Waals surface area contributed by atoms with Crippen molar-refractivity contribution >= 4 is 28.4 Å². The molecule has 1 amide bonds. The van der Waals surface area contributed by atoms with Crippen molar-refractivity contribution in [2.45, 2.75) is 57.1 Å². The molecule has 0 unspecified atom stereocenters. The van der Waals surface area contributed by atoms with Gasteiger partial charge < -0.3 is 19.7 Å². The Morgan fingerprint density at radius 2 is 1.84 bits per heavy atom. The van der Waals surface area contributed by atoms with Crippen LogP contribution in [0.1, 0.15) is 55.3 Å². The molecule has 5 fully saturated rings. The normalized spacial score (nSPS) is 32.9. The van der Waals surface area contributed by atoms with Crippen LogP contribution in [-0.4, -0.2) is 40.9 Å².